The van der Waals surface area contributed by atoms with Crippen LogP contribution in [0.15, 0.2) is 18.2 Å². The third-order valence-corrected chi connectivity index (χ3v) is 4.47. The van der Waals surface area contributed by atoms with Crippen molar-refractivity contribution in [3.05, 3.63) is 29.3 Å². The Hall–Kier alpha value is -1.53. The Kier molecular flexibility index (Phi) is 5.03. The maximum absolute atomic E-state index is 9.36. The summed E-state index contributed by atoms with van der Waals surface area (Å²) in [5, 5.41) is 9.36. The molecule has 20 heavy (non-hydrogen) atoms. The summed E-state index contributed by atoms with van der Waals surface area (Å²) in [5.74, 6) is 1.57. The van der Waals surface area contributed by atoms with Crippen molar-refractivity contribution >= 4 is 5.69 Å². The van der Waals surface area contributed by atoms with E-state index in [-0.39, 0.29) is 0 Å². The van der Waals surface area contributed by atoms with Gasteiger partial charge >= 0.3 is 0 Å². The zero-order chi connectivity index (χ0) is 14.5. The molecule has 2 rings (SSSR count). The van der Waals surface area contributed by atoms with Crippen LogP contribution in [-0.2, 0) is 6.54 Å². The molecule has 0 bridgehead atoms. The first-order valence-corrected chi connectivity index (χ1v) is 7.63. The third-order valence-electron chi connectivity index (χ3n) is 4.47. The van der Waals surface area contributed by atoms with Crippen molar-refractivity contribution in [1.29, 1.82) is 5.26 Å². The highest BCUT2D eigenvalue weighted by Gasteiger charge is 2.21. The monoisotopic (exact) mass is 271 g/mol. The van der Waals surface area contributed by atoms with Crippen molar-refractivity contribution in [2.75, 3.05) is 18.0 Å². The molecular weight excluding hydrogens is 246 g/mol. The Morgan fingerprint density at radius 3 is 2.80 bits per heavy atom. The van der Waals surface area contributed by atoms with Crippen LogP contribution in [0.4, 0.5) is 5.69 Å². The minimum absolute atomic E-state index is 0.490. The fourth-order valence-corrected chi connectivity index (χ4v) is 3.11. The van der Waals surface area contributed by atoms with Crippen LogP contribution in [0.3, 0.4) is 0 Å². The van der Waals surface area contributed by atoms with Crippen LogP contribution < -0.4 is 10.6 Å². The van der Waals surface area contributed by atoms with Crippen molar-refractivity contribution in [2.24, 2.45) is 17.6 Å². The molecule has 0 spiro atoms. The molecule has 1 aliphatic heterocycles. The number of nitrogens with zero attached hydrogens (tertiary/aromatic N) is 2. The molecule has 1 heterocycles. The summed E-state index contributed by atoms with van der Waals surface area (Å²) in [5.41, 5.74) is 8.52. The van der Waals surface area contributed by atoms with Crippen molar-refractivity contribution in [2.45, 2.75) is 39.7 Å². The van der Waals surface area contributed by atoms with Crippen molar-refractivity contribution in [3.63, 3.8) is 0 Å². The van der Waals surface area contributed by atoms with Gasteiger partial charge in [-0.2, -0.15) is 5.26 Å². The largest absolute Gasteiger partial charge is 0.370 e. The van der Waals surface area contributed by atoms with Crippen LogP contribution in [0.1, 0.15) is 44.2 Å². The molecule has 2 N–H and O–H groups in total. The Labute approximate surface area is 122 Å². The minimum Gasteiger partial charge on any atom is -0.370 e. The molecule has 0 radical (unpaired) electrons. The molecule has 1 unspecified atom stereocenters. The highest BCUT2D eigenvalue weighted by atomic mass is 15.1. The van der Waals surface area contributed by atoms with Crippen LogP contribution >= 0.6 is 0 Å². The highest BCUT2D eigenvalue weighted by molar-refractivity contribution is 5.60. The van der Waals surface area contributed by atoms with Crippen molar-refractivity contribution in [1.82, 2.24) is 0 Å². The Morgan fingerprint density at radius 2 is 2.15 bits per heavy atom. The molecule has 0 aromatic heterocycles. The summed E-state index contributed by atoms with van der Waals surface area (Å²) in [7, 11) is 0. The molecule has 1 atom stereocenters. The van der Waals surface area contributed by atoms with E-state index in [9.17, 15) is 5.26 Å². The molecule has 3 heteroatoms. The highest BCUT2D eigenvalue weighted by Crippen LogP contribution is 2.29. The molecule has 3 nitrogen and oxygen atoms in total. The lowest BCUT2D eigenvalue weighted by molar-refractivity contribution is 0.351. The van der Waals surface area contributed by atoms with Crippen LogP contribution in [0, 0.1) is 23.2 Å². The van der Waals surface area contributed by atoms with E-state index in [1.54, 1.807) is 0 Å². The topological polar surface area (TPSA) is 53.0 Å². The second-order valence-electron chi connectivity index (χ2n) is 6.09. The normalized spacial score (nSPS) is 19.8. The maximum atomic E-state index is 9.36. The fourth-order valence-electron chi connectivity index (χ4n) is 3.11. The van der Waals surface area contributed by atoms with Crippen LogP contribution in [-0.4, -0.2) is 13.1 Å². The minimum atomic E-state index is 0.490. The quantitative estimate of drug-likeness (QED) is 0.918. The second kappa shape index (κ2) is 6.76. The summed E-state index contributed by atoms with van der Waals surface area (Å²) in [6, 6.07) is 8.36. The average molecular weight is 271 g/mol. The van der Waals surface area contributed by atoms with E-state index in [2.05, 4.69) is 30.9 Å². The summed E-state index contributed by atoms with van der Waals surface area (Å²) in [4.78, 5) is 2.38. The smallest absolute Gasteiger partial charge is 0.101 e. The predicted molar refractivity (Wildman–Crippen MR) is 83.4 cm³/mol. The Morgan fingerprint density at radius 1 is 1.35 bits per heavy atom. The average Bonchev–Trinajstić information content (AvgIpc) is 2.72. The standard InChI is InChI=1S/C17H25N3/c1-13(2)15-4-3-8-20(9-7-15)17-6-5-14(11-18)10-16(17)12-19/h5-6,10,13,15H,3-4,7-9,11,18H2,1-2H3. The van der Waals surface area contributed by atoms with Gasteiger partial charge in [0.2, 0.25) is 0 Å². The number of nitrogens with two attached hydrogens (primary N) is 1. The maximum Gasteiger partial charge on any atom is 0.101 e. The first-order chi connectivity index (χ1) is 9.65. The van der Waals surface area contributed by atoms with E-state index in [1.807, 2.05) is 12.1 Å². The van der Waals surface area contributed by atoms with Crippen LogP contribution in [0.2, 0.25) is 0 Å². The van der Waals surface area contributed by atoms with Gasteiger partial charge in [-0.05, 0) is 48.8 Å². The van der Waals surface area contributed by atoms with E-state index in [0.717, 1.165) is 41.7 Å². The predicted octanol–water partition coefficient (Wildman–Crippen LogP) is 3.28. The Bertz CT molecular complexity index is 487. The molecule has 1 aliphatic rings. The Balaban J connectivity index is 2.17. The van der Waals surface area contributed by atoms with E-state index in [1.165, 1.54) is 19.3 Å². The summed E-state index contributed by atoms with van der Waals surface area (Å²) >= 11 is 0. The lowest BCUT2D eigenvalue weighted by Gasteiger charge is -2.24. The number of anilines is 1. The fraction of sp³-hybridized carbons (Fsp3) is 0.588. The van der Waals surface area contributed by atoms with E-state index in [0.29, 0.717) is 6.54 Å². The first kappa shape index (κ1) is 14.9. The van der Waals surface area contributed by atoms with Gasteiger partial charge in [-0.1, -0.05) is 19.9 Å². The zero-order valence-corrected chi connectivity index (χ0v) is 12.6. The number of hydrogen-bond donors (Lipinski definition) is 1. The van der Waals surface area contributed by atoms with E-state index < -0.39 is 0 Å². The summed E-state index contributed by atoms with van der Waals surface area (Å²) < 4.78 is 0. The van der Waals surface area contributed by atoms with E-state index >= 15 is 0 Å². The van der Waals surface area contributed by atoms with Gasteiger partial charge in [0.15, 0.2) is 0 Å². The number of hydrogen-bond acceptors (Lipinski definition) is 3. The third kappa shape index (κ3) is 3.32. The number of nitriles is 1. The number of benzene rings is 1. The van der Waals surface area contributed by atoms with Crippen LogP contribution in [0.5, 0.6) is 0 Å². The van der Waals surface area contributed by atoms with Gasteiger partial charge < -0.3 is 10.6 Å². The lowest BCUT2D eigenvalue weighted by atomic mass is 9.89. The number of rotatable bonds is 3. The SMILES string of the molecule is CC(C)C1CCCN(c2ccc(CN)cc2C#N)CC1. The van der Waals surface area contributed by atoms with Crippen molar-refractivity contribution < 1.29 is 0 Å². The molecule has 108 valence electrons. The molecule has 0 saturated carbocycles. The van der Waals surface area contributed by atoms with Gasteiger partial charge in [-0.3, -0.25) is 0 Å². The van der Waals surface area contributed by atoms with Gasteiger partial charge in [-0.15, -0.1) is 0 Å². The van der Waals surface area contributed by atoms with Gasteiger partial charge in [0.05, 0.1) is 11.3 Å². The molecule has 0 amide bonds. The molecule has 1 aromatic rings. The molecular formula is C17H25N3. The molecule has 1 fully saturated rings. The molecule has 1 aromatic carbocycles. The van der Waals surface area contributed by atoms with Crippen LogP contribution in [0.25, 0.3) is 0 Å². The van der Waals surface area contributed by atoms with Gasteiger partial charge in [0.1, 0.15) is 6.07 Å². The van der Waals surface area contributed by atoms with Gasteiger partial charge in [0, 0.05) is 19.6 Å². The van der Waals surface area contributed by atoms with Gasteiger partial charge in [0.25, 0.3) is 0 Å². The second-order valence-corrected chi connectivity index (χ2v) is 6.09. The summed E-state index contributed by atoms with van der Waals surface area (Å²) in [6.07, 6.45) is 3.74. The van der Waals surface area contributed by atoms with Crippen molar-refractivity contribution in [3.8, 4) is 6.07 Å². The summed E-state index contributed by atoms with van der Waals surface area (Å²) in [6.45, 7) is 7.23. The molecule has 1 saturated heterocycles. The zero-order valence-electron chi connectivity index (χ0n) is 12.6. The first-order valence-electron chi connectivity index (χ1n) is 7.63. The van der Waals surface area contributed by atoms with Gasteiger partial charge in [-0.25, -0.2) is 0 Å². The molecule has 0 aliphatic carbocycles. The lowest BCUT2D eigenvalue weighted by Crippen LogP contribution is -2.25. The van der Waals surface area contributed by atoms with E-state index in [4.69, 9.17) is 5.73 Å².